The number of anilines is 4. The molecule has 4 N–H and O–H groups in total. The number of nitrogens with one attached hydrogen (secondary N) is 4. The van der Waals surface area contributed by atoms with E-state index >= 15 is 0 Å². The Bertz CT molecular complexity index is 1420. The number of rotatable bonds is 9. The summed E-state index contributed by atoms with van der Waals surface area (Å²) in [6.07, 6.45) is 0.00312. The zero-order valence-electron chi connectivity index (χ0n) is 22.3. The zero-order valence-corrected chi connectivity index (χ0v) is 22.3. The Morgan fingerprint density at radius 2 is 0.875 bits per heavy atom. The second kappa shape index (κ2) is 13.0. The Morgan fingerprint density at radius 1 is 0.500 bits per heavy atom. The molecule has 0 bridgehead atoms. The van der Waals surface area contributed by atoms with Crippen LogP contribution in [0.3, 0.4) is 0 Å². The third kappa shape index (κ3) is 7.64. The minimum atomic E-state index is -0.300. The van der Waals surface area contributed by atoms with Gasteiger partial charge in [0.15, 0.2) is 0 Å². The molecule has 0 unspecified atom stereocenters. The van der Waals surface area contributed by atoms with Gasteiger partial charge in [-0.3, -0.25) is 19.2 Å². The summed E-state index contributed by atoms with van der Waals surface area (Å²) in [4.78, 5) is 49.7. The van der Waals surface area contributed by atoms with E-state index in [-0.39, 0.29) is 36.5 Å². The highest BCUT2D eigenvalue weighted by molar-refractivity contribution is 6.05. The van der Waals surface area contributed by atoms with E-state index in [0.717, 1.165) is 11.1 Å². The molecule has 4 amide bonds. The average molecular weight is 535 g/mol. The summed E-state index contributed by atoms with van der Waals surface area (Å²) in [6.45, 7) is 3.67. The molecule has 0 atom stereocenters. The first-order valence-corrected chi connectivity index (χ1v) is 12.8. The van der Waals surface area contributed by atoms with Crippen LogP contribution in [-0.2, 0) is 9.59 Å². The molecule has 0 fully saturated rings. The van der Waals surface area contributed by atoms with Crippen molar-refractivity contribution in [2.45, 2.75) is 26.7 Å². The summed E-state index contributed by atoms with van der Waals surface area (Å²) >= 11 is 0. The maximum Gasteiger partial charge on any atom is 0.255 e. The summed E-state index contributed by atoms with van der Waals surface area (Å²) in [5.41, 5.74) is 5.13. The van der Waals surface area contributed by atoms with Crippen molar-refractivity contribution >= 4 is 46.4 Å². The van der Waals surface area contributed by atoms with Gasteiger partial charge in [0.1, 0.15) is 0 Å². The summed E-state index contributed by atoms with van der Waals surface area (Å²) in [7, 11) is 0. The van der Waals surface area contributed by atoms with Crippen LogP contribution in [0.4, 0.5) is 22.7 Å². The van der Waals surface area contributed by atoms with Crippen molar-refractivity contribution in [3.63, 3.8) is 0 Å². The molecule has 4 rings (SSSR count). The predicted octanol–water partition coefficient (Wildman–Crippen LogP) is 6.17. The van der Waals surface area contributed by atoms with E-state index in [4.69, 9.17) is 0 Å². The van der Waals surface area contributed by atoms with Gasteiger partial charge in [-0.25, -0.2) is 0 Å². The van der Waals surface area contributed by atoms with Gasteiger partial charge in [-0.05, 0) is 85.6 Å². The zero-order chi connectivity index (χ0) is 28.5. The third-order valence-corrected chi connectivity index (χ3v) is 6.17. The molecule has 0 aromatic heterocycles. The summed E-state index contributed by atoms with van der Waals surface area (Å²) in [5.74, 6) is -1.03. The summed E-state index contributed by atoms with van der Waals surface area (Å²) in [6, 6.07) is 28.2. The first-order valence-electron chi connectivity index (χ1n) is 12.8. The lowest BCUT2D eigenvalue weighted by atomic mass is 10.1. The van der Waals surface area contributed by atoms with Crippen LogP contribution >= 0.6 is 0 Å². The number of hydrogen-bond donors (Lipinski definition) is 4. The monoisotopic (exact) mass is 534 g/mol. The number of amides is 4. The van der Waals surface area contributed by atoms with E-state index in [0.29, 0.717) is 33.9 Å². The first-order chi connectivity index (χ1) is 19.3. The summed E-state index contributed by atoms with van der Waals surface area (Å²) in [5, 5.41) is 11.3. The molecule has 0 aliphatic heterocycles. The van der Waals surface area contributed by atoms with E-state index in [2.05, 4.69) is 21.3 Å². The fraction of sp³-hybridized carbons (Fsp3) is 0.125. The lowest BCUT2D eigenvalue weighted by molar-refractivity contribution is -0.121. The maximum absolute atomic E-state index is 12.4. The fourth-order valence-corrected chi connectivity index (χ4v) is 4.01. The number of aryl methyl sites for hydroxylation is 2. The molecule has 202 valence electrons. The van der Waals surface area contributed by atoms with Crippen LogP contribution in [0.1, 0.15) is 44.7 Å². The van der Waals surface area contributed by atoms with Gasteiger partial charge in [0.25, 0.3) is 11.8 Å². The molecule has 0 spiro atoms. The van der Waals surface area contributed by atoms with Crippen LogP contribution < -0.4 is 21.3 Å². The Morgan fingerprint density at radius 3 is 1.23 bits per heavy atom. The molecule has 0 heterocycles. The van der Waals surface area contributed by atoms with Gasteiger partial charge < -0.3 is 21.3 Å². The predicted molar refractivity (Wildman–Crippen MR) is 158 cm³/mol. The van der Waals surface area contributed by atoms with E-state index in [1.807, 2.05) is 26.0 Å². The van der Waals surface area contributed by atoms with Gasteiger partial charge in [0.2, 0.25) is 11.8 Å². The van der Waals surface area contributed by atoms with Crippen molar-refractivity contribution in [1.29, 1.82) is 0 Å². The fourth-order valence-electron chi connectivity index (χ4n) is 4.01. The molecule has 40 heavy (non-hydrogen) atoms. The highest BCUT2D eigenvalue weighted by atomic mass is 16.2. The second-order valence-corrected chi connectivity index (χ2v) is 9.30. The molecule has 0 saturated heterocycles. The van der Waals surface area contributed by atoms with Gasteiger partial charge >= 0.3 is 0 Å². The second-order valence-electron chi connectivity index (χ2n) is 9.30. The van der Waals surface area contributed by atoms with Crippen LogP contribution in [0.5, 0.6) is 0 Å². The number of carbonyl (C=O) groups excluding carboxylic acids is 4. The van der Waals surface area contributed by atoms with Crippen molar-refractivity contribution in [1.82, 2.24) is 0 Å². The molecule has 0 aliphatic carbocycles. The third-order valence-electron chi connectivity index (χ3n) is 6.17. The van der Waals surface area contributed by atoms with Gasteiger partial charge in [0.05, 0.1) is 0 Å². The molecule has 0 aliphatic rings. The SMILES string of the molecule is Cc1cc(NC(=O)CCC(=O)Nc2ccc(NC(=O)c3ccccc3)c(C)c2)ccc1NC(=O)c1ccccc1. The molecular weight excluding hydrogens is 504 g/mol. The van der Waals surface area contributed by atoms with Gasteiger partial charge in [-0.1, -0.05) is 36.4 Å². The van der Waals surface area contributed by atoms with Crippen molar-refractivity contribution < 1.29 is 19.2 Å². The largest absolute Gasteiger partial charge is 0.326 e. The quantitative estimate of drug-likeness (QED) is 0.206. The molecular formula is C32H30N4O4. The lowest BCUT2D eigenvalue weighted by Gasteiger charge is -2.12. The van der Waals surface area contributed by atoms with Crippen LogP contribution in [0.25, 0.3) is 0 Å². The van der Waals surface area contributed by atoms with Gasteiger partial charge in [-0.2, -0.15) is 0 Å². The van der Waals surface area contributed by atoms with Crippen molar-refractivity contribution in [3.05, 3.63) is 119 Å². The number of carbonyl (C=O) groups is 4. The minimum absolute atomic E-state index is 0.00156. The molecule has 0 saturated carbocycles. The standard InChI is InChI=1S/C32H30N4O4/c1-21-19-25(13-15-27(21)35-31(39)23-9-5-3-6-10-23)33-29(37)17-18-30(38)34-26-14-16-28(22(2)20-26)36-32(40)24-11-7-4-8-12-24/h3-16,19-20H,17-18H2,1-2H3,(H,33,37)(H,34,38)(H,35,39)(H,36,40). The highest BCUT2D eigenvalue weighted by Crippen LogP contribution is 2.22. The van der Waals surface area contributed by atoms with E-state index in [1.165, 1.54) is 0 Å². The normalized spacial score (nSPS) is 10.3. The Labute approximate surface area is 232 Å². The van der Waals surface area contributed by atoms with Gasteiger partial charge in [-0.15, -0.1) is 0 Å². The van der Waals surface area contributed by atoms with Crippen molar-refractivity contribution in [2.75, 3.05) is 21.3 Å². The highest BCUT2D eigenvalue weighted by Gasteiger charge is 2.12. The van der Waals surface area contributed by atoms with Crippen molar-refractivity contribution in [2.24, 2.45) is 0 Å². The molecule has 8 heteroatoms. The van der Waals surface area contributed by atoms with Crippen LogP contribution in [-0.4, -0.2) is 23.6 Å². The molecule has 8 nitrogen and oxygen atoms in total. The molecule has 0 radical (unpaired) electrons. The number of benzene rings is 4. The van der Waals surface area contributed by atoms with Gasteiger partial charge in [0, 0.05) is 46.7 Å². The molecule has 4 aromatic carbocycles. The van der Waals surface area contributed by atoms with E-state index in [9.17, 15) is 19.2 Å². The first kappa shape index (κ1) is 27.8. The maximum atomic E-state index is 12.4. The van der Waals surface area contributed by atoms with Crippen molar-refractivity contribution in [3.8, 4) is 0 Å². The minimum Gasteiger partial charge on any atom is -0.326 e. The lowest BCUT2D eigenvalue weighted by Crippen LogP contribution is -2.18. The number of hydrogen-bond acceptors (Lipinski definition) is 4. The average Bonchev–Trinajstić information content (AvgIpc) is 2.95. The Kier molecular flexibility index (Phi) is 9.04. The van der Waals surface area contributed by atoms with Crippen LogP contribution in [0, 0.1) is 13.8 Å². The van der Waals surface area contributed by atoms with Crippen LogP contribution in [0.2, 0.25) is 0 Å². The smallest absolute Gasteiger partial charge is 0.255 e. The Hall–Kier alpha value is -5.24. The van der Waals surface area contributed by atoms with Crippen LogP contribution in [0.15, 0.2) is 97.1 Å². The Balaban J connectivity index is 1.24. The van der Waals surface area contributed by atoms with E-state index in [1.54, 1.807) is 84.9 Å². The summed E-state index contributed by atoms with van der Waals surface area (Å²) < 4.78 is 0. The molecule has 4 aromatic rings. The van der Waals surface area contributed by atoms with E-state index < -0.39 is 0 Å². The topological polar surface area (TPSA) is 116 Å².